The van der Waals surface area contributed by atoms with Crippen LogP contribution in [0.1, 0.15) is 25.5 Å². The van der Waals surface area contributed by atoms with Gasteiger partial charge in [0.2, 0.25) is 0 Å². The minimum atomic E-state index is -1.20. The van der Waals surface area contributed by atoms with E-state index in [0.29, 0.717) is 5.69 Å². The van der Waals surface area contributed by atoms with E-state index in [2.05, 4.69) is 20.9 Å². The Morgan fingerprint density at radius 1 is 1.58 bits per heavy atom. The third-order valence-corrected chi connectivity index (χ3v) is 3.29. The van der Waals surface area contributed by atoms with E-state index in [1.165, 1.54) is 11.6 Å². The van der Waals surface area contributed by atoms with Crippen molar-refractivity contribution in [2.24, 2.45) is 13.0 Å². The Bertz CT molecular complexity index is 496. The van der Waals surface area contributed by atoms with Gasteiger partial charge in [0.1, 0.15) is 11.2 Å². The molecule has 0 aliphatic heterocycles. The van der Waals surface area contributed by atoms with Crippen LogP contribution in [0.5, 0.6) is 0 Å². The van der Waals surface area contributed by atoms with Crippen molar-refractivity contribution in [1.29, 1.82) is 0 Å². The lowest BCUT2D eigenvalue weighted by atomic mass is 9.96. The first kappa shape index (κ1) is 13.3. The zero-order valence-corrected chi connectivity index (χ0v) is 10.9. The second-order valence-electron chi connectivity index (χ2n) is 4.97. The summed E-state index contributed by atoms with van der Waals surface area (Å²) in [6, 6.07) is -0.512. The van der Waals surface area contributed by atoms with E-state index in [-0.39, 0.29) is 12.5 Å². The first-order valence-corrected chi connectivity index (χ1v) is 6.06. The van der Waals surface area contributed by atoms with Crippen molar-refractivity contribution in [2.75, 3.05) is 0 Å². The molecule has 1 atom stereocenters. The van der Waals surface area contributed by atoms with Gasteiger partial charge in [0, 0.05) is 13.2 Å². The molecule has 1 fully saturated rings. The van der Waals surface area contributed by atoms with Crippen molar-refractivity contribution in [3.63, 3.8) is 0 Å². The van der Waals surface area contributed by atoms with E-state index in [1.807, 2.05) is 0 Å². The summed E-state index contributed by atoms with van der Waals surface area (Å²) in [6.07, 6.45) is 3.33. The van der Waals surface area contributed by atoms with E-state index >= 15 is 0 Å². The highest BCUT2D eigenvalue weighted by molar-refractivity contribution is 5.86. The number of amides is 2. The molecule has 0 spiro atoms. The van der Waals surface area contributed by atoms with E-state index < -0.39 is 17.5 Å². The molecule has 3 N–H and O–H groups in total. The molecule has 0 saturated heterocycles. The number of carboxylic acid groups (broad SMARTS) is 1. The molecule has 104 valence electrons. The number of carboxylic acids is 1. The number of carbonyl (C=O) groups is 2. The fraction of sp³-hybridized carbons (Fsp3) is 0.636. The van der Waals surface area contributed by atoms with Gasteiger partial charge in [-0.2, -0.15) is 0 Å². The second kappa shape index (κ2) is 4.87. The van der Waals surface area contributed by atoms with Crippen molar-refractivity contribution >= 4 is 12.0 Å². The minimum Gasteiger partial charge on any atom is -0.480 e. The fourth-order valence-electron chi connectivity index (χ4n) is 1.92. The summed E-state index contributed by atoms with van der Waals surface area (Å²) in [6.45, 7) is 1.74. The van der Waals surface area contributed by atoms with Gasteiger partial charge in [0.25, 0.3) is 0 Å². The smallest absolute Gasteiger partial charge is 0.329 e. The number of aromatic nitrogens is 3. The van der Waals surface area contributed by atoms with Crippen LogP contribution in [0.4, 0.5) is 4.79 Å². The standard InChI is InChI=1S/C11H17N5O3/c1-11(9(17)18,7-3-4-7)13-10(19)12-5-8-6-16(2)15-14-8/h6-7H,3-5H2,1-2H3,(H,17,18)(H2,12,13,19). The lowest BCUT2D eigenvalue weighted by Crippen LogP contribution is -2.56. The summed E-state index contributed by atoms with van der Waals surface area (Å²) in [7, 11) is 1.73. The molecule has 1 unspecified atom stereocenters. The molecule has 0 aromatic carbocycles. The number of carbonyl (C=O) groups excluding carboxylic acids is 1. The van der Waals surface area contributed by atoms with Gasteiger partial charge in [-0.25, -0.2) is 9.59 Å². The number of nitrogens with zero attached hydrogens (tertiary/aromatic N) is 3. The number of aryl methyl sites for hydroxylation is 1. The SMILES string of the molecule is Cn1cc(CNC(=O)NC(C)(C(=O)O)C2CC2)nn1. The quantitative estimate of drug-likeness (QED) is 0.688. The molecule has 2 rings (SSSR count). The van der Waals surface area contributed by atoms with Crippen LogP contribution < -0.4 is 10.6 Å². The largest absolute Gasteiger partial charge is 0.480 e. The van der Waals surface area contributed by atoms with Gasteiger partial charge in [0.05, 0.1) is 6.54 Å². The highest BCUT2D eigenvalue weighted by Gasteiger charge is 2.48. The molecular weight excluding hydrogens is 250 g/mol. The van der Waals surface area contributed by atoms with E-state index in [4.69, 9.17) is 0 Å². The molecule has 19 heavy (non-hydrogen) atoms. The summed E-state index contributed by atoms with van der Waals surface area (Å²) in [5.74, 6) is -1.00. The molecule has 1 aliphatic carbocycles. The highest BCUT2D eigenvalue weighted by Crippen LogP contribution is 2.39. The molecule has 1 aromatic rings. The normalized spacial score (nSPS) is 17.6. The van der Waals surface area contributed by atoms with Crippen LogP contribution in [0.15, 0.2) is 6.20 Å². The van der Waals surface area contributed by atoms with E-state index in [0.717, 1.165) is 12.8 Å². The Labute approximate surface area is 110 Å². The van der Waals surface area contributed by atoms with Gasteiger partial charge in [-0.15, -0.1) is 5.10 Å². The average molecular weight is 267 g/mol. The van der Waals surface area contributed by atoms with Gasteiger partial charge >= 0.3 is 12.0 Å². The van der Waals surface area contributed by atoms with Gasteiger partial charge in [0.15, 0.2) is 0 Å². The molecule has 8 nitrogen and oxygen atoms in total. The van der Waals surface area contributed by atoms with Crippen LogP contribution in [0.3, 0.4) is 0 Å². The third-order valence-electron chi connectivity index (χ3n) is 3.29. The van der Waals surface area contributed by atoms with E-state index in [9.17, 15) is 14.7 Å². The Kier molecular flexibility index (Phi) is 3.41. The summed E-state index contributed by atoms with van der Waals surface area (Å²) in [5, 5.41) is 21.9. The van der Waals surface area contributed by atoms with Crippen molar-refractivity contribution in [2.45, 2.75) is 31.8 Å². The summed E-state index contributed by atoms with van der Waals surface area (Å²) in [5.41, 5.74) is -0.590. The number of aliphatic carboxylic acids is 1. The van der Waals surface area contributed by atoms with Gasteiger partial charge < -0.3 is 15.7 Å². The zero-order chi connectivity index (χ0) is 14.0. The first-order chi connectivity index (χ1) is 8.91. The number of urea groups is 1. The third kappa shape index (κ3) is 3.01. The first-order valence-electron chi connectivity index (χ1n) is 6.06. The Morgan fingerprint density at radius 3 is 2.74 bits per heavy atom. The van der Waals surface area contributed by atoms with Crippen LogP contribution in [-0.2, 0) is 18.4 Å². The second-order valence-corrected chi connectivity index (χ2v) is 4.97. The molecule has 1 aliphatic rings. The predicted molar refractivity (Wildman–Crippen MR) is 65.1 cm³/mol. The van der Waals surface area contributed by atoms with Crippen molar-refractivity contribution in [3.8, 4) is 0 Å². The summed E-state index contributed by atoms with van der Waals surface area (Å²) >= 11 is 0. The molecule has 2 amide bonds. The van der Waals surface area contributed by atoms with Crippen molar-refractivity contribution < 1.29 is 14.7 Å². The molecule has 0 radical (unpaired) electrons. The molecule has 1 heterocycles. The number of hydrogen-bond donors (Lipinski definition) is 3. The number of rotatable bonds is 5. The fourth-order valence-corrected chi connectivity index (χ4v) is 1.92. The van der Waals surface area contributed by atoms with Crippen molar-refractivity contribution in [1.82, 2.24) is 25.6 Å². The maximum Gasteiger partial charge on any atom is 0.329 e. The molecule has 0 bridgehead atoms. The van der Waals surface area contributed by atoms with Crippen LogP contribution in [0.2, 0.25) is 0 Å². The van der Waals surface area contributed by atoms with Gasteiger partial charge in [-0.3, -0.25) is 4.68 Å². The number of nitrogens with one attached hydrogen (secondary N) is 2. The van der Waals surface area contributed by atoms with E-state index in [1.54, 1.807) is 13.2 Å². The average Bonchev–Trinajstić information content (AvgIpc) is 3.11. The number of hydrogen-bond acceptors (Lipinski definition) is 4. The lowest BCUT2D eigenvalue weighted by Gasteiger charge is -2.26. The molecular formula is C11H17N5O3. The molecule has 1 aromatic heterocycles. The highest BCUT2D eigenvalue weighted by atomic mass is 16.4. The molecule has 8 heteroatoms. The Balaban J connectivity index is 1.88. The minimum absolute atomic E-state index is 0.00673. The topological polar surface area (TPSA) is 109 Å². The van der Waals surface area contributed by atoms with Gasteiger partial charge in [-0.1, -0.05) is 5.21 Å². The van der Waals surface area contributed by atoms with Crippen LogP contribution in [0, 0.1) is 5.92 Å². The predicted octanol–water partition coefficient (Wildman–Crippen LogP) is -0.132. The van der Waals surface area contributed by atoms with Crippen LogP contribution >= 0.6 is 0 Å². The van der Waals surface area contributed by atoms with Crippen LogP contribution in [-0.4, -0.2) is 37.6 Å². The summed E-state index contributed by atoms with van der Waals surface area (Å²) in [4.78, 5) is 23.0. The maximum atomic E-state index is 11.7. The van der Waals surface area contributed by atoms with Crippen molar-refractivity contribution in [3.05, 3.63) is 11.9 Å². The Morgan fingerprint density at radius 2 is 2.26 bits per heavy atom. The summed E-state index contributed by atoms with van der Waals surface area (Å²) < 4.78 is 1.53. The zero-order valence-electron chi connectivity index (χ0n) is 10.9. The Hall–Kier alpha value is -2.12. The lowest BCUT2D eigenvalue weighted by molar-refractivity contribution is -0.144. The maximum absolute atomic E-state index is 11.7. The molecule has 1 saturated carbocycles. The monoisotopic (exact) mass is 267 g/mol. The van der Waals surface area contributed by atoms with Crippen LogP contribution in [0.25, 0.3) is 0 Å². The van der Waals surface area contributed by atoms with Gasteiger partial charge in [-0.05, 0) is 25.7 Å².